The van der Waals surface area contributed by atoms with Gasteiger partial charge in [-0.1, -0.05) is 26.7 Å². The van der Waals surface area contributed by atoms with Crippen molar-refractivity contribution in [2.24, 2.45) is 0 Å². The maximum absolute atomic E-state index is 12.0. The van der Waals surface area contributed by atoms with Gasteiger partial charge in [0.15, 0.2) is 0 Å². The second-order valence-corrected chi connectivity index (χ2v) is 6.36. The van der Waals surface area contributed by atoms with Gasteiger partial charge in [0.25, 0.3) is 0 Å². The van der Waals surface area contributed by atoms with Gasteiger partial charge >= 0.3 is 0 Å². The molecule has 0 radical (unpaired) electrons. The Kier molecular flexibility index (Phi) is 5.85. The molecule has 1 aliphatic heterocycles. The third kappa shape index (κ3) is 4.19. The topological polar surface area (TPSA) is 50.4 Å². The highest BCUT2D eigenvalue weighted by Gasteiger charge is 2.34. The zero-order chi connectivity index (χ0) is 14.4. The van der Waals surface area contributed by atoms with Gasteiger partial charge < -0.3 is 15.4 Å². The summed E-state index contributed by atoms with van der Waals surface area (Å²) in [5.41, 5.74) is -0.0188. The van der Waals surface area contributed by atoms with Crippen LogP contribution in [0.2, 0.25) is 0 Å². The molecule has 1 unspecified atom stereocenters. The monoisotopic (exact) mass is 282 g/mol. The third-order valence-electron chi connectivity index (χ3n) is 5.05. The molecule has 0 aromatic heterocycles. The summed E-state index contributed by atoms with van der Waals surface area (Å²) in [5.74, 6) is 0.143. The van der Waals surface area contributed by atoms with Crippen LogP contribution in [0.3, 0.4) is 0 Å². The second-order valence-electron chi connectivity index (χ2n) is 6.36. The number of carbonyl (C=O) groups excluding carboxylic acids is 1. The quantitative estimate of drug-likeness (QED) is 0.786. The van der Waals surface area contributed by atoms with Crippen LogP contribution in [0.5, 0.6) is 0 Å². The normalized spacial score (nSPS) is 26.6. The maximum atomic E-state index is 12.0. The zero-order valence-corrected chi connectivity index (χ0v) is 13.0. The smallest absolute Gasteiger partial charge is 0.234 e. The van der Waals surface area contributed by atoms with Gasteiger partial charge in [-0.05, 0) is 38.5 Å². The molecule has 2 N–H and O–H groups in total. The average Bonchev–Trinajstić information content (AvgIpc) is 2.98. The number of nitrogens with one attached hydrogen (secondary N) is 2. The molecule has 0 aromatic rings. The lowest BCUT2D eigenvalue weighted by atomic mass is 9.86. The molecule has 1 heterocycles. The summed E-state index contributed by atoms with van der Waals surface area (Å²) in [6.45, 7) is 5.58. The predicted octanol–water partition coefficient (Wildman–Crippen LogP) is 2.37. The van der Waals surface area contributed by atoms with E-state index in [1.54, 1.807) is 0 Å². The lowest BCUT2D eigenvalue weighted by molar-refractivity contribution is -0.125. The van der Waals surface area contributed by atoms with Crippen molar-refractivity contribution >= 4 is 5.91 Å². The number of hydrogen-bond donors (Lipinski definition) is 2. The fraction of sp³-hybridized carbons (Fsp3) is 0.938. The summed E-state index contributed by atoms with van der Waals surface area (Å²) in [5, 5.41) is 6.56. The minimum absolute atomic E-state index is 0.0188. The van der Waals surface area contributed by atoms with Gasteiger partial charge in [0.2, 0.25) is 5.91 Å². The van der Waals surface area contributed by atoms with Gasteiger partial charge in [0, 0.05) is 18.7 Å². The summed E-state index contributed by atoms with van der Waals surface area (Å²) in [6, 6.07) is 0.836. The lowest BCUT2D eigenvalue weighted by Crippen LogP contribution is -2.50. The Balaban J connectivity index is 1.72. The molecule has 0 bridgehead atoms. The minimum Gasteiger partial charge on any atom is -0.375 e. The van der Waals surface area contributed by atoms with E-state index in [0.717, 1.165) is 32.3 Å². The van der Waals surface area contributed by atoms with E-state index in [-0.39, 0.29) is 17.6 Å². The lowest BCUT2D eigenvalue weighted by Gasteiger charge is -2.40. The Bertz CT molecular complexity index is 310. The minimum atomic E-state index is -0.0188. The van der Waals surface area contributed by atoms with E-state index in [0.29, 0.717) is 12.6 Å². The molecule has 4 nitrogen and oxygen atoms in total. The first kappa shape index (κ1) is 15.8. The summed E-state index contributed by atoms with van der Waals surface area (Å²) < 4.78 is 5.95. The van der Waals surface area contributed by atoms with Crippen molar-refractivity contribution in [2.45, 2.75) is 82.9 Å². The molecule has 20 heavy (non-hydrogen) atoms. The number of rotatable bonds is 6. The summed E-state index contributed by atoms with van der Waals surface area (Å²) in [4.78, 5) is 12.0. The summed E-state index contributed by atoms with van der Waals surface area (Å²) in [6.07, 6.45) is 8.99. The number of ether oxygens (including phenoxy) is 1. The Labute approximate surface area is 123 Å². The number of amides is 1. The van der Waals surface area contributed by atoms with E-state index in [4.69, 9.17) is 4.74 Å². The fourth-order valence-corrected chi connectivity index (χ4v) is 3.54. The first-order chi connectivity index (χ1) is 9.67. The highest BCUT2D eigenvalue weighted by Crippen LogP contribution is 2.31. The van der Waals surface area contributed by atoms with Crippen molar-refractivity contribution in [3.63, 3.8) is 0 Å². The van der Waals surface area contributed by atoms with Crippen LogP contribution in [0.1, 0.15) is 65.2 Å². The van der Waals surface area contributed by atoms with Crippen molar-refractivity contribution < 1.29 is 9.53 Å². The average molecular weight is 282 g/mol. The van der Waals surface area contributed by atoms with Gasteiger partial charge in [-0.2, -0.15) is 0 Å². The first-order valence-electron chi connectivity index (χ1n) is 8.34. The highest BCUT2D eigenvalue weighted by molar-refractivity contribution is 5.78. The largest absolute Gasteiger partial charge is 0.375 e. The SMILES string of the molecule is CCC1(CC)CC(NC(=O)CNC2CCCC2)CCO1. The van der Waals surface area contributed by atoms with Gasteiger partial charge in [0.05, 0.1) is 12.1 Å². The molecule has 1 aliphatic carbocycles. The van der Waals surface area contributed by atoms with E-state index >= 15 is 0 Å². The third-order valence-corrected chi connectivity index (χ3v) is 5.05. The number of hydrogen-bond acceptors (Lipinski definition) is 3. The molecule has 4 heteroatoms. The van der Waals surface area contributed by atoms with Crippen LogP contribution in [0, 0.1) is 0 Å². The van der Waals surface area contributed by atoms with Crippen LogP contribution < -0.4 is 10.6 Å². The summed E-state index contributed by atoms with van der Waals surface area (Å²) in [7, 11) is 0. The molecule has 116 valence electrons. The van der Waals surface area contributed by atoms with E-state index in [1.807, 2.05) is 0 Å². The van der Waals surface area contributed by atoms with Crippen molar-refractivity contribution in [1.82, 2.24) is 10.6 Å². The molecule has 1 saturated heterocycles. The van der Waals surface area contributed by atoms with Gasteiger partial charge in [-0.3, -0.25) is 4.79 Å². The van der Waals surface area contributed by atoms with E-state index in [1.165, 1.54) is 25.7 Å². The van der Waals surface area contributed by atoms with Gasteiger partial charge in [0.1, 0.15) is 0 Å². The standard InChI is InChI=1S/C16H30N2O2/c1-3-16(4-2)11-14(9-10-20-16)18-15(19)12-17-13-7-5-6-8-13/h13-14,17H,3-12H2,1-2H3,(H,18,19). The molecule has 0 spiro atoms. The molecular weight excluding hydrogens is 252 g/mol. The Hall–Kier alpha value is -0.610. The van der Waals surface area contributed by atoms with Crippen molar-refractivity contribution in [2.75, 3.05) is 13.2 Å². The van der Waals surface area contributed by atoms with E-state index in [9.17, 15) is 4.79 Å². The molecule has 2 aliphatic rings. The fourth-order valence-electron chi connectivity index (χ4n) is 3.54. The van der Waals surface area contributed by atoms with Crippen molar-refractivity contribution in [1.29, 1.82) is 0 Å². The van der Waals surface area contributed by atoms with E-state index < -0.39 is 0 Å². The summed E-state index contributed by atoms with van der Waals surface area (Å²) >= 11 is 0. The maximum Gasteiger partial charge on any atom is 0.234 e. The predicted molar refractivity (Wildman–Crippen MR) is 80.7 cm³/mol. The zero-order valence-electron chi connectivity index (χ0n) is 13.0. The molecule has 2 rings (SSSR count). The molecular formula is C16H30N2O2. The van der Waals surface area contributed by atoms with Crippen LogP contribution in [0.4, 0.5) is 0 Å². The van der Waals surface area contributed by atoms with Crippen molar-refractivity contribution in [3.8, 4) is 0 Å². The Morgan fingerprint density at radius 1 is 1.15 bits per heavy atom. The van der Waals surface area contributed by atoms with Crippen LogP contribution in [0.25, 0.3) is 0 Å². The van der Waals surface area contributed by atoms with Crippen LogP contribution >= 0.6 is 0 Å². The van der Waals surface area contributed by atoms with Crippen LogP contribution in [-0.4, -0.2) is 36.7 Å². The Morgan fingerprint density at radius 3 is 2.50 bits per heavy atom. The highest BCUT2D eigenvalue weighted by atomic mass is 16.5. The number of carbonyl (C=O) groups is 1. The van der Waals surface area contributed by atoms with Crippen molar-refractivity contribution in [3.05, 3.63) is 0 Å². The van der Waals surface area contributed by atoms with Gasteiger partial charge in [-0.25, -0.2) is 0 Å². The molecule has 1 amide bonds. The molecule has 0 aromatic carbocycles. The molecule has 1 atom stereocenters. The molecule has 2 fully saturated rings. The second kappa shape index (κ2) is 7.41. The Morgan fingerprint density at radius 2 is 1.85 bits per heavy atom. The molecule has 1 saturated carbocycles. The van der Waals surface area contributed by atoms with Crippen LogP contribution in [-0.2, 0) is 9.53 Å². The van der Waals surface area contributed by atoms with Crippen LogP contribution in [0.15, 0.2) is 0 Å². The van der Waals surface area contributed by atoms with E-state index in [2.05, 4.69) is 24.5 Å². The van der Waals surface area contributed by atoms with Gasteiger partial charge in [-0.15, -0.1) is 0 Å². The first-order valence-corrected chi connectivity index (χ1v) is 8.34.